The molecule has 8 nitrogen and oxygen atoms in total. The van der Waals surface area contributed by atoms with Gasteiger partial charge in [-0.25, -0.2) is 8.42 Å². The number of amides is 1. The maximum absolute atomic E-state index is 12.6. The van der Waals surface area contributed by atoms with Gasteiger partial charge < -0.3 is 14.7 Å². The molecule has 3 atom stereocenters. The first kappa shape index (κ1) is 17.6. The van der Waals surface area contributed by atoms with Crippen molar-refractivity contribution >= 4 is 21.9 Å². The summed E-state index contributed by atoms with van der Waals surface area (Å²) in [5.41, 5.74) is 0. The zero-order valence-electron chi connectivity index (χ0n) is 13.8. The second-order valence-electron chi connectivity index (χ2n) is 7.07. The predicted molar refractivity (Wildman–Crippen MR) is 84.7 cm³/mol. The van der Waals surface area contributed by atoms with Gasteiger partial charge in [-0.05, 0) is 31.1 Å². The fourth-order valence-corrected chi connectivity index (χ4v) is 4.29. The van der Waals surface area contributed by atoms with E-state index in [1.807, 2.05) is 0 Å². The van der Waals surface area contributed by atoms with Gasteiger partial charge in [-0.1, -0.05) is 0 Å². The van der Waals surface area contributed by atoms with Gasteiger partial charge in [0.2, 0.25) is 15.9 Å². The van der Waals surface area contributed by atoms with Crippen LogP contribution in [0.15, 0.2) is 0 Å². The van der Waals surface area contributed by atoms with Crippen molar-refractivity contribution in [3.63, 3.8) is 0 Å². The van der Waals surface area contributed by atoms with E-state index in [9.17, 15) is 18.0 Å². The molecule has 3 rings (SSSR count). The van der Waals surface area contributed by atoms with Crippen LogP contribution in [0.4, 0.5) is 0 Å². The lowest BCUT2D eigenvalue weighted by Crippen LogP contribution is -2.51. The molecule has 1 amide bonds. The van der Waals surface area contributed by atoms with Crippen LogP contribution in [0.5, 0.6) is 0 Å². The summed E-state index contributed by atoms with van der Waals surface area (Å²) in [6.45, 7) is 0.534. The van der Waals surface area contributed by atoms with Crippen molar-refractivity contribution in [2.24, 2.45) is 17.8 Å². The van der Waals surface area contributed by atoms with E-state index in [2.05, 4.69) is 0 Å². The van der Waals surface area contributed by atoms with E-state index >= 15 is 0 Å². The number of carboxylic acids is 1. The molecular formula is C15H24N2O6S. The van der Waals surface area contributed by atoms with E-state index in [1.54, 1.807) is 4.90 Å². The monoisotopic (exact) mass is 360 g/mol. The van der Waals surface area contributed by atoms with Gasteiger partial charge in [0.05, 0.1) is 19.0 Å². The number of rotatable bonds is 7. The summed E-state index contributed by atoms with van der Waals surface area (Å²) in [7, 11) is -3.64. The Morgan fingerprint density at radius 3 is 2.62 bits per heavy atom. The number of hydrogen-bond acceptors (Lipinski definition) is 5. The molecule has 0 spiro atoms. The summed E-state index contributed by atoms with van der Waals surface area (Å²) in [5.74, 6) is 0.324. The van der Waals surface area contributed by atoms with Gasteiger partial charge in [0.1, 0.15) is 6.54 Å². The van der Waals surface area contributed by atoms with E-state index in [4.69, 9.17) is 9.84 Å². The summed E-state index contributed by atoms with van der Waals surface area (Å²) in [6, 6.07) is 0. The van der Waals surface area contributed by atoms with Crippen LogP contribution in [0.25, 0.3) is 0 Å². The minimum atomic E-state index is -3.64. The van der Waals surface area contributed by atoms with E-state index in [0.717, 1.165) is 22.9 Å². The fourth-order valence-electron chi connectivity index (χ4n) is 3.50. The molecule has 0 aromatic carbocycles. The molecule has 1 aliphatic heterocycles. The lowest BCUT2D eigenvalue weighted by atomic mass is 10.2. The van der Waals surface area contributed by atoms with E-state index in [0.29, 0.717) is 25.6 Å². The van der Waals surface area contributed by atoms with Crippen LogP contribution in [-0.2, 0) is 24.3 Å². The lowest BCUT2D eigenvalue weighted by molar-refractivity contribution is -0.142. The van der Waals surface area contributed by atoms with E-state index < -0.39 is 28.6 Å². The normalized spacial score (nSPS) is 30.4. The van der Waals surface area contributed by atoms with Crippen LogP contribution in [0.2, 0.25) is 0 Å². The molecule has 0 aromatic rings. The molecule has 0 radical (unpaired) electrons. The van der Waals surface area contributed by atoms with Gasteiger partial charge in [0.25, 0.3) is 0 Å². The Hall–Kier alpha value is -1.19. The quantitative estimate of drug-likeness (QED) is 0.663. The highest BCUT2D eigenvalue weighted by molar-refractivity contribution is 7.88. The number of ether oxygens (including phenoxy) is 1. The average molecular weight is 360 g/mol. The summed E-state index contributed by atoms with van der Waals surface area (Å²) in [4.78, 5) is 25.2. The number of nitrogens with zero attached hydrogens (tertiary/aromatic N) is 2. The topological polar surface area (TPSA) is 104 Å². The van der Waals surface area contributed by atoms with Crippen LogP contribution in [-0.4, -0.2) is 79.8 Å². The number of carbonyl (C=O) groups excluding carboxylic acids is 1. The van der Waals surface area contributed by atoms with Crippen LogP contribution >= 0.6 is 0 Å². The third kappa shape index (κ3) is 4.25. The minimum absolute atomic E-state index is 0.0500. The molecule has 136 valence electrons. The molecule has 2 aliphatic carbocycles. The second-order valence-corrected chi connectivity index (χ2v) is 9.05. The van der Waals surface area contributed by atoms with Gasteiger partial charge in [0.15, 0.2) is 0 Å². The lowest BCUT2D eigenvalue weighted by Gasteiger charge is -2.35. The Labute approximate surface area is 141 Å². The van der Waals surface area contributed by atoms with E-state index in [-0.39, 0.29) is 18.4 Å². The van der Waals surface area contributed by atoms with Gasteiger partial charge in [0, 0.05) is 25.6 Å². The maximum atomic E-state index is 12.6. The molecule has 9 heteroatoms. The third-order valence-electron chi connectivity index (χ3n) is 5.02. The number of sulfonamides is 1. The number of morpholine rings is 1. The minimum Gasteiger partial charge on any atom is -0.480 e. The van der Waals surface area contributed by atoms with Gasteiger partial charge in [-0.15, -0.1) is 0 Å². The molecule has 1 N–H and O–H groups in total. The molecular weight excluding hydrogens is 336 g/mol. The zero-order chi connectivity index (χ0) is 17.5. The molecule has 2 saturated carbocycles. The van der Waals surface area contributed by atoms with Crippen molar-refractivity contribution in [1.29, 1.82) is 0 Å². The summed E-state index contributed by atoms with van der Waals surface area (Å²) in [6.07, 6.45) is 3.93. The summed E-state index contributed by atoms with van der Waals surface area (Å²) in [5, 5.41) is 8.87. The SMILES string of the molecule is CS(=O)(=O)N(CC(=O)O)C[C@@H]1CN(C(=O)[C@H]2C[C@@H]2C2CC2)CCO1. The highest BCUT2D eigenvalue weighted by atomic mass is 32.2. The third-order valence-corrected chi connectivity index (χ3v) is 6.24. The van der Waals surface area contributed by atoms with Gasteiger partial charge >= 0.3 is 5.97 Å². The number of carbonyl (C=O) groups is 2. The first-order valence-corrected chi connectivity index (χ1v) is 10.2. The van der Waals surface area contributed by atoms with Crippen molar-refractivity contribution < 1.29 is 27.9 Å². The first-order chi connectivity index (χ1) is 11.3. The molecule has 0 unspecified atom stereocenters. The van der Waals surface area contributed by atoms with Crippen LogP contribution in [0.3, 0.4) is 0 Å². The fraction of sp³-hybridized carbons (Fsp3) is 0.867. The molecule has 3 fully saturated rings. The van der Waals surface area contributed by atoms with E-state index in [1.165, 1.54) is 12.8 Å². The molecule has 24 heavy (non-hydrogen) atoms. The highest BCUT2D eigenvalue weighted by Crippen LogP contribution is 2.54. The second kappa shape index (κ2) is 6.61. The van der Waals surface area contributed by atoms with Crippen molar-refractivity contribution in [2.45, 2.75) is 25.4 Å². The Morgan fingerprint density at radius 2 is 2.04 bits per heavy atom. The number of aliphatic carboxylic acids is 1. The van der Waals surface area contributed by atoms with Crippen molar-refractivity contribution in [3.8, 4) is 0 Å². The van der Waals surface area contributed by atoms with Crippen LogP contribution in [0.1, 0.15) is 19.3 Å². The maximum Gasteiger partial charge on any atom is 0.318 e. The number of carboxylic acid groups (broad SMARTS) is 1. The highest BCUT2D eigenvalue weighted by Gasteiger charge is 2.52. The molecule has 3 aliphatic rings. The van der Waals surface area contributed by atoms with Crippen LogP contribution < -0.4 is 0 Å². The average Bonchev–Trinajstić information content (AvgIpc) is 3.36. The largest absolute Gasteiger partial charge is 0.480 e. The van der Waals surface area contributed by atoms with Crippen molar-refractivity contribution in [3.05, 3.63) is 0 Å². The Morgan fingerprint density at radius 1 is 1.33 bits per heavy atom. The van der Waals surface area contributed by atoms with Gasteiger partial charge in [-0.2, -0.15) is 4.31 Å². The summed E-state index contributed by atoms with van der Waals surface area (Å²) >= 11 is 0. The summed E-state index contributed by atoms with van der Waals surface area (Å²) < 4.78 is 29.9. The zero-order valence-corrected chi connectivity index (χ0v) is 14.6. The Balaban J connectivity index is 1.56. The van der Waals surface area contributed by atoms with Crippen molar-refractivity contribution in [1.82, 2.24) is 9.21 Å². The number of hydrogen-bond donors (Lipinski definition) is 1. The molecule has 0 bridgehead atoms. The molecule has 0 aromatic heterocycles. The smallest absolute Gasteiger partial charge is 0.318 e. The van der Waals surface area contributed by atoms with Crippen molar-refractivity contribution in [2.75, 3.05) is 39.0 Å². The van der Waals surface area contributed by atoms with Crippen LogP contribution in [0, 0.1) is 17.8 Å². The standard InChI is InChI=1S/C15H24N2O6S/c1-24(21,22)17(9-14(18)19)8-11-7-16(4-5-23-11)15(20)13-6-12(13)10-2-3-10/h10-13H,2-9H2,1H3,(H,18,19)/t11-,12+,13-/m0/s1. The predicted octanol–water partition coefficient (Wildman–Crippen LogP) is -0.394. The Bertz CT molecular complexity index is 617. The first-order valence-electron chi connectivity index (χ1n) is 8.33. The van der Waals surface area contributed by atoms with Gasteiger partial charge in [-0.3, -0.25) is 9.59 Å². The Kier molecular flexibility index (Phi) is 4.85. The molecule has 1 saturated heterocycles. The molecule has 1 heterocycles.